The number of benzene rings is 2. The number of nitrogens with one attached hydrogen (secondary N) is 1. The average molecular weight is 335 g/mol. The molecule has 0 saturated heterocycles. The van der Waals surface area contributed by atoms with Gasteiger partial charge in [-0.1, -0.05) is 60.7 Å². The summed E-state index contributed by atoms with van der Waals surface area (Å²) >= 11 is 0. The molecular formula is C19H17N3O3. The van der Waals surface area contributed by atoms with E-state index in [-0.39, 0.29) is 17.4 Å². The van der Waals surface area contributed by atoms with Crippen LogP contribution in [0, 0.1) is 0 Å². The van der Waals surface area contributed by atoms with Crippen LogP contribution >= 0.6 is 0 Å². The number of aliphatic hydroxyl groups excluding tert-OH is 1. The Labute approximate surface area is 144 Å². The molecule has 0 aliphatic heterocycles. The Morgan fingerprint density at radius 2 is 1.56 bits per heavy atom. The van der Waals surface area contributed by atoms with Crippen LogP contribution in [0.2, 0.25) is 0 Å². The van der Waals surface area contributed by atoms with Gasteiger partial charge in [0.25, 0.3) is 5.91 Å². The maximum atomic E-state index is 12.6. The lowest BCUT2D eigenvalue weighted by Gasteiger charge is -2.20. The molecule has 1 aromatic heterocycles. The molecule has 0 aliphatic rings. The first-order valence-corrected chi connectivity index (χ1v) is 7.75. The molecule has 3 aromatic rings. The summed E-state index contributed by atoms with van der Waals surface area (Å²) < 4.78 is 0. The first-order chi connectivity index (χ1) is 12.2. The molecular weight excluding hydrogens is 318 g/mol. The molecule has 126 valence electrons. The summed E-state index contributed by atoms with van der Waals surface area (Å²) in [7, 11) is 0. The van der Waals surface area contributed by atoms with Crippen molar-refractivity contribution >= 4 is 5.91 Å². The summed E-state index contributed by atoms with van der Waals surface area (Å²) in [6.45, 7) is -0.411. The molecule has 0 aliphatic carbocycles. The molecule has 1 amide bonds. The SMILES string of the molecule is O=C(NC(c1ccccc1)c1ccccc1)c1cnc(CO)nc1O. The molecule has 0 saturated carbocycles. The second-order valence-electron chi connectivity index (χ2n) is 5.41. The normalized spacial score (nSPS) is 10.6. The summed E-state index contributed by atoms with van der Waals surface area (Å²) in [5, 5.41) is 21.8. The van der Waals surface area contributed by atoms with Crippen LogP contribution in [0.25, 0.3) is 0 Å². The Hall–Kier alpha value is -3.25. The van der Waals surface area contributed by atoms with E-state index >= 15 is 0 Å². The van der Waals surface area contributed by atoms with Crippen LogP contribution in [-0.4, -0.2) is 26.1 Å². The highest BCUT2D eigenvalue weighted by molar-refractivity contribution is 5.96. The fraction of sp³-hybridized carbons (Fsp3) is 0.105. The van der Waals surface area contributed by atoms with Crippen LogP contribution in [-0.2, 0) is 6.61 Å². The number of carbonyl (C=O) groups is 1. The number of hydrogen-bond donors (Lipinski definition) is 3. The zero-order chi connectivity index (χ0) is 17.6. The van der Waals surface area contributed by atoms with Crippen LogP contribution in [0.1, 0.15) is 33.4 Å². The van der Waals surface area contributed by atoms with Crippen molar-refractivity contribution in [1.82, 2.24) is 15.3 Å². The molecule has 6 nitrogen and oxygen atoms in total. The largest absolute Gasteiger partial charge is 0.493 e. The van der Waals surface area contributed by atoms with Crippen molar-refractivity contribution in [3.63, 3.8) is 0 Å². The van der Waals surface area contributed by atoms with Gasteiger partial charge in [0, 0.05) is 6.20 Å². The molecule has 2 aromatic carbocycles. The molecule has 1 heterocycles. The fourth-order valence-electron chi connectivity index (χ4n) is 2.50. The van der Waals surface area contributed by atoms with Gasteiger partial charge in [-0.2, -0.15) is 4.98 Å². The predicted octanol–water partition coefficient (Wildman–Crippen LogP) is 2.19. The predicted molar refractivity (Wildman–Crippen MR) is 91.8 cm³/mol. The van der Waals surface area contributed by atoms with Gasteiger partial charge in [-0.3, -0.25) is 4.79 Å². The number of carbonyl (C=O) groups excluding carboxylic acids is 1. The Balaban J connectivity index is 1.92. The zero-order valence-corrected chi connectivity index (χ0v) is 13.3. The standard InChI is InChI=1S/C19H17N3O3/c23-12-16-20-11-15(18(24)21-16)19(25)22-17(13-7-3-1-4-8-13)14-9-5-2-6-10-14/h1-11,17,23H,12H2,(H,22,25)(H,20,21,24). The van der Waals surface area contributed by atoms with Crippen molar-refractivity contribution in [1.29, 1.82) is 0 Å². The van der Waals surface area contributed by atoms with Gasteiger partial charge in [-0.15, -0.1) is 0 Å². The number of aromatic hydroxyl groups is 1. The van der Waals surface area contributed by atoms with Crippen LogP contribution in [0.3, 0.4) is 0 Å². The fourth-order valence-corrected chi connectivity index (χ4v) is 2.50. The van der Waals surface area contributed by atoms with Gasteiger partial charge in [0.2, 0.25) is 5.88 Å². The highest BCUT2D eigenvalue weighted by Gasteiger charge is 2.20. The second-order valence-corrected chi connectivity index (χ2v) is 5.41. The molecule has 0 unspecified atom stereocenters. The molecule has 0 spiro atoms. The molecule has 3 N–H and O–H groups in total. The quantitative estimate of drug-likeness (QED) is 0.664. The number of nitrogens with zero attached hydrogens (tertiary/aromatic N) is 2. The van der Waals surface area contributed by atoms with Gasteiger partial charge in [-0.25, -0.2) is 4.98 Å². The van der Waals surface area contributed by atoms with Crippen molar-refractivity contribution in [3.8, 4) is 5.88 Å². The highest BCUT2D eigenvalue weighted by Crippen LogP contribution is 2.23. The minimum atomic E-state index is -0.500. The lowest BCUT2D eigenvalue weighted by molar-refractivity contribution is 0.0938. The van der Waals surface area contributed by atoms with Crippen molar-refractivity contribution in [2.45, 2.75) is 12.6 Å². The van der Waals surface area contributed by atoms with E-state index in [9.17, 15) is 9.90 Å². The third kappa shape index (κ3) is 3.81. The van der Waals surface area contributed by atoms with Crippen LogP contribution in [0.5, 0.6) is 5.88 Å². The summed E-state index contributed by atoms with van der Waals surface area (Å²) in [6, 6.07) is 18.7. The number of aromatic nitrogens is 2. The Bertz CT molecular complexity index is 815. The second kappa shape index (κ2) is 7.55. The van der Waals surface area contributed by atoms with E-state index in [4.69, 9.17) is 5.11 Å². The molecule has 6 heteroatoms. The maximum Gasteiger partial charge on any atom is 0.259 e. The number of amides is 1. The molecule has 0 fully saturated rings. The van der Waals surface area contributed by atoms with Gasteiger partial charge in [0.05, 0.1) is 6.04 Å². The lowest BCUT2D eigenvalue weighted by Crippen LogP contribution is -2.29. The summed E-state index contributed by atoms with van der Waals surface area (Å²) in [5.74, 6) is -0.909. The smallest absolute Gasteiger partial charge is 0.259 e. The topological polar surface area (TPSA) is 95.3 Å². The van der Waals surface area contributed by atoms with Gasteiger partial charge < -0.3 is 15.5 Å². The van der Waals surface area contributed by atoms with Gasteiger partial charge in [-0.05, 0) is 11.1 Å². The van der Waals surface area contributed by atoms with E-state index in [1.54, 1.807) is 0 Å². The first-order valence-electron chi connectivity index (χ1n) is 7.75. The van der Waals surface area contributed by atoms with Crippen LogP contribution < -0.4 is 5.32 Å². The van der Waals surface area contributed by atoms with E-state index in [1.807, 2.05) is 60.7 Å². The van der Waals surface area contributed by atoms with Gasteiger partial charge in [0.15, 0.2) is 5.82 Å². The van der Waals surface area contributed by atoms with Crippen molar-refractivity contribution in [3.05, 3.63) is 89.4 Å². The summed E-state index contributed by atoms with van der Waals surface area (Å²) in [4.78, 5) is 20.2. The summed E-state index contributed by atoms with van der Waals surface area (Å²) in [6.07, 6.45) is 1.20. The maximum absolute atomic E-state index is 12.6. The van der Waals surface area contributed by atoms with Crippen molar-refractivity contribution in [2.24, 2.45) is 0 Å². The van der Waals surface area contributed by atoms with Crippen molar-refractivity contribution in [2.75, 3.05) is 0 Å². The molecule has 0 bridgehead atoms. The lowest BCUT2D eigenvalue weighted by atomic mass is 9.98. The first kappa shape index (κ1) is 16.6. The van der Waals surface area contributed by atoms with E-state index in [1.165, 1.54) is 6.20 Å². The number of hydrogen-bond acceptors (Lipinski definition) is 5. The van der Waals surface area contributed by atoms with E-state index in [0.717, 1.165) is 11.1 Å². The Morgan fingerprint density at radius 3 is 2.04 bits per heavy atom. The van der Waals surface area contributed by atoms with E-state index in [2.05, 4.69) is 15.3 Å². The minimum absolute atomic E-state index is 0.0472. The molecule has 3 rings (SSSR count). The van der Waals surface area contributed by atoms with E-state index in [0.29, 0.717) is 0 Å². The monoisotopic (exact) mass is 335 g/mol. The molecule has 25 heavy (non-hydrogen) atoms. The number of rotatable bonds is 5. The van der Waals surface area contributed by atoms with Gasteiger partial charge in [0.1, 0.15) is 12.2 Å². The third-order valence-corrected chi connectivity index (χ3v) is 3.75. The number of aliphatic hydroxyl groups is 1. The highest BCUT2D eigenvalue weighted by atomic mass is 16.3. The zero-order valence-electron chi connectivity index (χ0n) is 13.3. The van der Waals surface area contributed by atoms with Gasteiger partial charge >= 0.3 is 0 Å². The van der Waals surface area contributed by atoms with Crippen LogP contribution in [0.4, 0.5) is 0 Å². The molecule has 0 atom stereocenters. The summed E-state index contributed by atoms with van der Waals surface area (Å²) in [5.41, 5.74) is 1.78. The molecule has 0 radical (unpaired) electrons. The van der Waals surface area contributed by atoms with Crippen molar-refractivity contribution < 1.29 is 15.0 Å². The Kier molecular flexibility index (Phi) is 5.01. The average Bonchev–Trinajstić information content (AvgIpc) is 2.67. The third-order valence-electron chi connectivity index (χ3n) is 3.75. The van der Waals surface area contributed by atoms with Crippen LogP contribution in [0.15, 0.2) is 66.9 Å². The minimum Gasteiger partial charge on any atom is -0.493 e. The Morgan fingerprint density at radius 1 is 1.00 bits per heavy atom. The van der Waals surface area contributed by atoms with E-state index < -0.39 is 18.4 Å².